The van der Waals surface area contributed by atoms with Gasteiger partial charge in [-0.2, -0.15) is 0 Å². The summed E-state index contributed by atoms with van der Waals surface area (Å²) in [5, 5.41) is 0.967. The highest BCUT2D eigenvalue weighted by Gasteiger charge is 2.37. The fourth-order valence-electron chi connectivity index (χ4n) is 2.31. The maximum atomic E-state index is 12.1. The molecular formula is C15H15NO3S. The number of thiazole rings is 1. The Hall–Kier alpha value is -1.88. The number of hydrogen-bond acceptors (Lipinski definition) is 5. The van der Waals surface area contributed by atoms with Crippen molar-refractivity contribution >= 4 is 17.3 Å². The van der Waals surface area contributed by atoms with E-state index in [9.17, 15) is 4.79 Å². The van der Waals surface area contributed by atoms with E-state index in [2.05, 4.69) is 4.98 Å². The van der Waals surface area contributed by atoms with Crippen LogP contribution in [0.1, 0.15) is 28.3 Å². The van der Waals surface area contributed by atoms with Crippen molar-refractivity contribution in [1.82, 2.24) is 4.98 Å². The van der Waals surface area contributed by atoms with Gasteiger partial charge >= 0.3 is 5.97 Å². The topological polar surface area (TPSA) is 48.4 Å². The van der Waals surface area contributed by atoms with Crippen molar-refractivity contribution in [2.24, 2.45) is 0 Å². The number of ether oxygens (including phenoxy) is 2. The zero-order valence-electron chi connectivity index (χ0n) is 11.3. The van der Waals surface area contributed by atoms with Crippen molar-refractivity contribution in [3.8, 4) is 5.75 Å². The van der Waals surface area contributed by atoms with Crippen molar-refractivity contribution in [2.45, 2.75) is 32.5 Å². The minimum atomic E-state index is -0.554. The second-order valence-corrected chi connectivity index (χ2v) is 6.14. The van der Waals surface area contributed by atoms with E-state index in [1.54, 1.807) is 6.20 Å². The first-order valence-electron chi connectivity index (χ1n) is 6.48. The summed E-state index contributed by atoms with van der Waals surface area (Å²) in [6, 6.07) is 7.72. The number of para-hydroxylation sites is 1. The van der Waals surface area contributed by atoms with Gasteiger partial charge in [0.05, 0.1) is 9.88 Å². The SMILES string of the molecule is Cc1ncc(COC(=O)[C@@H]2Oc3ccccc3[C@H]2C)s1. The molecule has 0 amide bonds. The van der Waals surface area contributed by atoms with Crippen LogP contribution in [0, 0.1) is 6.92 Å². The van der Waals surface area contributed by atoms with Crippen LogP contribution in [-0.2, 0) is 16.1 Å². The predicted molar refractivity (Wildman–Crippen MR) is 75.9 cm³/mol. The van der Waals surface area contributed by atoms with Gasteiger partial charge in [-0.1, -0.05) is 25.1 Å². The highest BCUT2D eigenvalue weighted by Crippen LogP contribution is 2.38. The lowest BCUT2D eigenvalue weighted by Crippen LogP contribution is -2.29. The van der Waals surface area contributed by atoms with Gasteiger partial charge in [-0.15, -0.1) is 11.3 Å². The number of hydrogen-bond donors (Lipinski definition) is 0. The molecule has 20 heavy (non-hydrogen) atoms. The Bertz CT molecular complexity index is 638. The first-order chi connectivity index (χ1) is 9.65. The summed E-state index contributed by atoms with van der Waals surface area (Å²) in [6.45, 7) is 4.16. The molecule has 2 atom stereocenters. The van der Waals surface area contributed by atoms with E-state index in [1.807, 2.05) is 38.1 Å². The number of carbonyl (C=O) groups is 1. The number of fused-ring (bicyclic) bond motifs is 1. The summed E-state index contributed by atoms with van der Waals surface area (Å²) in [4.78, 5) is 17.2. The van der Waals surface area contributed by atoms with Gasteiger partial charge in [0.15, 0.2) is 0 Å². The van der Waals surface area contributed by atoms with Crippen LogP contribution in [0.5, 0.6) is 5.75 Å². The average Bonchev–Trinajstić information content (AvgIpc) is 3.01. The van der Waals surface area contributed by atoms with E-state index < -0.39 is 6.10 Å². The van der Waals surface area contributed by atoms with Crippen LogP contribution in [0.15, 0.2) is 30.5 Å². The molecule has 104 valence electrons. The van der Waals surface area contributed by atoms with Crippen LogP contribution in [0.25, 0.3) is 0 Å². The van der Waals surface area contributed by atoms with Crippen LogP contribution in [0.2, 0.25) is 0 Å². The van der Waals surface area contributed by atoms with Gasteiger partial charge in [0.1, 0.15) is 12.4 Å². The van der Waals surface area contributed by atoms with Crippen LogP contribution < -0.4 is 4.74 Å². The molecule has 3 rings (SSSR count). The third-order valence-electron chi connectivity index (χ3n) is 3.38. The fraction of sp³-hybridized carbons (Fsp3) is 0.333. The highest BCUT2D eigenvalue weighted by molar-refractivity contribution is 7.11. The molecular weight excluding hydrogens is 274 g/mol. The molecule has 2 aromatic rings. The van der Waals surface area contributed by atoms with Crippen LogP contribution in [0.3, 0.4) is 0 Å². The van der Waals surface area contributed by atoms with Crippen molar-refractivity contribution < 1.29 is 14.3 Å². The first kappa shape index (κ1) is 13.1. The summed E-state index contributed by atoms with van der Waals surface area (Å²) in [7, 11) is 0. The van der Waals surface area contributed by atoms with Crippen molar-refractivity contribution in [2.75, 3.05) is 0 Å². The molecule has 1 aliphatic rings. The molecule has 0 aliphatic carbocycles. The third kappa shape index (κ3) is 2.41. The molecule has 0 N–H and O–H groups in total. The smallest absolute Gasteiger partial charge is 0.348 e. The minimum Gasteiger partial charge on any atom is -0.478 e. The largest absolute Gasteiger partial charge is 0.478 e. The fourth-order valence-corrected chi connectivity index (χ4v) is 3.02. The zero-order valence-corrected chi connectivity index (χ0v) is 12.1. The molecule has 2 heterocycles. The Morgan fingerprint density at radius 2 is 2.25 bits per heavy atom. The maximum Gasteiger partial charge on any atom is 0.348 e. The molecule has 0 saturated heterocycles. The second kappa shape index (κ2) is 5.25. The van der Waals surface area contributed by atoms with Gasteiger partial charge in [0.2, 0.25) is 6.10 Å². The van der Waals surface area contributed by atoms with Crippen LogP contribution in [-0.4, -0.2) is 17.1 Å². The van der Waals surface area contributed by atoms with E-state index in [0.717, 1.165) is 21.2 Å². The number of rotatable bonds is 3. The number of carbonyl (C=O) groups excluding carboxylic acids is 1. The predicted octanol–water partition coefficient (Wildman–Crippen LogP) is 3.06. The average molecular weight is 289 g/mol. The maximum absolute atomic E-state index is 12.1. The quantitative estimate of drug-likeness (QED) is 0.815. The lowest BCUT2D eigenvalue weighted by atomic mass is 9.98. The number of nitrogens with zero attached hydrogens (tertiary/aromatic N) is 1. The highest BCUT2D eigenvalue weighted by atomic mass is 32.1. The van der Waals surface area contributed by atoms with Crippen LogP contribution >= 0.6 is 11.3 Å². The number of benzene rings is 1. The normalized spacial score (nSPS) is 20.3. The van der Waals surface area contributed by atoms with E-state index >= 15 is 0 Å². The molecule has 0 spiro atoms. The molecule has 0 radical (unpaired) electrons. The Balaban J connectivity index is 1.64. The van der Waals surface area contributed by atoms with E-state index in [1.165, 1.54) is 11.3 Å². The standard InChI is InChI=1S/C15H15NO3S/c1-9-12-5-3-4-6-13(12)19-14(9)15(17)18-8-11-7-16-10(2)20-11/h3-7,9,14H,8H2,1-2H3/t9-,14-/m1/s1. The summed E-state index contributed by atoms with van der Waals surface area (Å²) < 4.78 is 11.0. The van der Waals surface area contributed by atoms with Gasteiger partial charge in [-0.05, 0) is 13.0 Å². The molecule has 1 aromatic heterocycles. The van der Waals surface area contributed by atoms with E-state index in [-0.39, 0.29) is 18.5 Å². The zero-order chi connectivity index (χ0) is 14.1. The van der Waals surface area contributed by atoms with Crippen molar-refractivity contribution in [3.63, 3.8) is 0 Å². The monoisotopic (exact) mass is 289 g/mol. The van der Waals surface area contributed by atoms with Crippen molar-refractivity contribution in [1.29, 1.82) is 0 Å². The summed E-state index contributed by atoms with van der Waals surface area (Å²) in [6.07, 6.45) is 1.18. The summed E-state index contributed by atoms with van der Waals surface area (Å²) >= 11 is 1.53. The molecule has 5 heteroatoms. The molecule has 0 unspecified atom stereocenters. The molecule has 1 aliphatic heterocycles. The molecule has 1 aromatic carbocycles. The van der Waals surface area contributed by atoms with Gasteiger partial charge < -0.3 is 9.47 Å². The molecule has 0 bridgehead atoms. The van der Waals surface area contributed by atoms with Gasteiger partial charge in [0.25, 0.3) is 0 Å². The Kier molecular flexibility index (Phi) is 3.44. The summed E-state index contributed by atoms with van der Waals surface area (Å²) in [5.41, 5.74) is 1.06. The second-order valence-electron chi connectivity index (χ2n) is 4.82. The number of aromatic nitrogens is 1. The minimum absolute atomic E-state index is 0.0156. The lowest BCUT2D eigenvalue weighted by molar-refractivity contribution is -0.153. The van der Waals surface area contributed by atoms with E-state index in [0.29, 0.717) is 0 Å². The lowest BCUT2D eigenvalue weighted by Gasteiger charge is -2.13. The van der Waals surface area contributed by atoms with E-state index in [4.69, 9.17) is 9.47 Å². The summed E-state index contributed by atoms with van der Waals surface area (Å²) in [5.74, 6) is 0.470. The van der Waals surface area contributed by atoms with Crippen molar-refractivity contribution in [3.05, 3.63) is 45.9 Å². The van der Waals surface area contributed by atoms with Gasteiger partial charge in [-0.3, -0.25) is 0 Å². The molecule has 0 saturated carbocycles. The first-order valence-corrected chi connectivity index (χ1v) is 7.30. The van der Waals surface area contributed by atoms with Gasteiger partial charge in [-0.25, -0.2) is 9.78 Å². The Labute approximate surface area is 121 Å². The number of aryl methyl sites for hydroxylation is 1. The van der Waals surface area contributed by atoms with Gasteiger partial charge in [0, 0.05) is 17.7 Å². The molecule has 0 fully saturated rings. The Morgan fingerprint density at radius 3 is 2.95 bits per heavy atom. The Morgan fingerprint density at radius 1 is 1.45 bits per heavy atom. The molecule has 4 nitrogen and oxygen atoms in total. The van der Waals surface area contributed by atoms with Crippen LogP contribution in [0.4, 0.5) is 0 Å². The number of esters is 1. The third-order valence-corrected chi connectivity index (χ3v) is 4.26.